The molecule has 1 saturated carbocycles. The lowest BCUT2D eigenvalue weighted by atomic mass is 9.98. The number of nitrogens with zero attached hydrogens (tertiary/aromatic N) is 1. The molecule has 2 amide bonds. The van der Waals surface area contributed by atoms with E-state index >= 15 is 0 Å². The zero-order valence-electron chi connectivity index (χ0n) is 18.7. The van der Waals surface area contributed by atoms with E-state index in [2.05, 4.69) is 29.6 Å². The number of ether oxygens (including phenoxy) is 1. The monoisotopic (exact) mass is 450 g/mol. The van der Waals surface area contributed by atoms with E-state index in [-0.39, 0.29) is 37.8 Å². The van der Waals surface area contributed by atoms with E-state index in [0.717, 1.165) is 24.0 Å². The zero-order valence-corrected chi connectivity index (χ0v) is 18.7. The van der Waals surface area contributed by atoms with Crippen molar-refractivity contribution in [2.75, 3.05) is 26.2 Å². The SMILES string of the molecule is O=C(O)CCN(CC1CC1)C(=O)CCCNC(=O)OCC1c2ccccc2-c2ccccc21. The lowest BCUT2D eigenvalue weighted by molar-refractivity contribution is -0.138. The lowest BCUT2D eigenvalue weighted by Crippen LogP contribution is -2.35. The molecular weight excluding hydrogens is 420 g/mol. The van der Waals surface area contributed by atoms with Crippen molar-refractivity contribution in [1.29, 1.82) is 0 Å². The molecule has 0 atom stereocenters. The quantitative estimate of drug-likeness (QED) is 0.504. The van der Waals surface area contributed by atoms with Gasteiger partial charge in [-0.3, -0.25) is 9.59 Å². The first-order valence-corrected chi connectivity index (χ1v) is 11.6. The topological polar surface area (TPSA) is 95.9 Å². The minimum Gasteiger partial charge on any atom is -0.481 e. The van der Waals surface area contributed by atoms with Crippen LogP contribution < -0.4 is 5.32 Å². The molecule has 0 heterocycles. The number of nitrogens with one attached hydrogen (secondary N) is 1. The summed E-state index contributed by atoms with van der Waals surface area (Å²) in [4.78, 5) is 37.2. The fourth-order valence-electron chi connectivity index (χ4n) is 4.40. The third-order valence-electron chi connectivity index (χ3n) is 6.30. The van der Waals surface area contributed by atoms with Crippen molar-refractivity contribution in [1.82, 2.24) is 10.2 Å². The summed E-state index contributed by atoms with van der Waals surface area (Å²) in [5, 5.41) is 11.6. The predicted molar refractivity (Wildman–Crippen MR) is 124 cm³/mol. The third kappa shape index (κ3) is 5.92. The van der Waals surface area contributed by atoms with E-state index in [1.165, 1.54) is 11.1 Å². The summed E-state index contributed by atoms with van der Waals surface area (Å²) < 4.78 is 5.51. The first kappa shape index (κ1) is 22.8. The van der Waals surface area contributed by atoms with Gasteiger partial charge < -0.3 is 20.1 Å². The number of rotatable bonds is 11. The predicted octanol–water partition coefficient (Wildman–Crippen LogP) is 4.02. The van der Waals surface area contributed by atoms with Crippen LogP contribution in [0.1, 0.15) is 49.1 Å². The fraction of sp³-hybridized carbons (Fsp3) is 0.423. The summed E-state index contributed by atoms with van der Waals surface area (Å²) in [6.45, 7) is 1.46. The van der Waals surface area contributed by atoms with Crippen molar-refractivity contribution in [3.63, 3.8) is 0 Å². The summed E-state index contributed by atoms with van der Waals surface area (Å²) in [5.74, 6) is -0.449. The molecule has 1 fully saturated rings. The van der Waals surface area contributed by atoms with Gasteiger partial charge in [-0.1, -0.05) is 48.5 Å². The Morgan fingerprint density at radius 1 is 0.970 bits per heavy atom. The molecule has 4 rings (SSSR count). The second-order valence-corrected chi connectivity index (χ2v) is 8.78. The summed E-state index contributed by atoms with van der Waals surface area (Å²) in [6, 6.07) is 16.4. The van der Waals surface area contributed by atoms with Crippen LogP contribution in [0.5, 0.6) is 0 Å². The van der Waals surface area contributed by atoms with Crippen LogP contribution in [0.3, 0.4) is 0 Å². The Kier molecular flexibility index (Phi) is 7.27. The Morgan fingerprint density at radius 2 is 1.61 bits per heavy atom. The van der Waals surface area contributed by atoms with Crippen LogP contribution in [-0.2, 0) is 14.3 Å². The molecule has 2 aromatic carbocycles. The molecule has 2 aliphatic rings. The number of carboxylic acid groups (broad SMARTS) is 1. The number of amides is 2. The van der Waals surface area contributed by atoms with Gasteiger partial charge in [0, 0.05) is 32.0 Å². The van der Waals surface area contributed by atoms with Gasteiger partial charge in [0.05, 0.1) is 6.42 Å². The van der Waals surface area contributed by atoms with Crippen LogP contribution in [0.4, 0.5) is 4.79 Å². The van der Waals surface area contributed by atoms with Gasteiger partial charge in [0.15, 0.2) is 0 Å². The number of alkyl carbamates (subject to hydrolysis) is 1. The van der Waals surface area contributed by atoms with Gasteiger partial charge in [0.1, 0.15) is 6.61 Å². The maximum Gasteiger partial charge on any atom is 0.407 e. The molecule has 0 unspecified atom stereocenters. The Morgan fingerprint density at radius 3 is 2.21 bits per heavy atom. The minimum absolute atomic E-state index is 0.00921. The van der Waals surface area contributed by atoms with Crippen LogP contribution in [0.25, 0.3) is 11.1 Å². The molecule has 7 heteroatoms. The molecular formula is C26H30N2O5. The van der Waals surface area contributed by atoms with E-state index in [1.807, 2.05) is 24.3 Å². The number of benzene rings is 2. The first-order valence-electron chi connectivity index (χ1n) is 11.6. The van der Waals surface area contributed by atoms with E-state index in [4.69, 9.17) is 9.84 Å². The van der Waals surface area contributed by atoms with Crippen molar-refractivity contribution >= 4 is 18.0 Å². The third-order valence-corrected chi connectivity index (χ3v) is 6.30. The number of aliphatic carboxylic acids is 1. The van der Waals surface area contributed by atoms with Gasteiger partial charge in [0.25, 0.3) is 0 Å². The highest BCUT2D eigenvalue weighted by Crippen LogP contribution is 2.44. The number of carbonyl (C=O) groups is 3. The van der Waals surface area contributed by atoms with Gasteiger partial charge >= 0.3 is 12.1 Å². The highest BCUT2D eigenvalue weighted by atomic mass is 16.5. The van der Waals surface area contributed by atoms with E-state index in [9.17, 15) is 14.4 Å². The van der Waals surface area contributed by atoms with Crippen LogP contribution in [0.2, 0.25) is 0 Å². The summed E-state index contributed by atoms with van der Waals surface area (Å²) in [5.41, 5.74) is 4.68. The number of hydrogen-bond acceptors (Lipinski definition) is 4. The van der Waals surface area contributed by atoms with Crippen molar-refractivity contribution in [3.8, 4) is 11.1 Å². The molecule has 2 aromatic rings. The van der Waals surface area contributed by atoms with Crippen molar-refractivity contribution in [2.45, 2.75) is 38.0 Å². The Hall–Kier alpha value is -3.35. The van der Waals surface area contributed by atoms with Crippen LogP contribution in [-0.4, -0.2) is 54.2 Å². The summed E-state index contributed by atoms with van der Waals surface area (Å²) in [6.07, 6.45) is 2.41. The van der Waals surface area contributed by atoms with Gasteiger partial charge in [-0.15, -0.1) is 0 Å². The fourth-order valence-corrected chi connectivity index (χ4v) is 4.40. The normalized spacial score (nSPS) is 14.3. The van der Waals surface area contributed by atoms with E-state index in [0.29, 0.717) is 25.4 Å². The number of fused-ring (bicyclic) bond motifs is 3. The van der Waals surface area contributed by atoms with E-state index in [1.54, 1.807) is 4.90 Å². The molecule has 0 aromatic heterocycles. The standard InChI is InChI=1S/C26H30N2O5/c29-24(28(15-13-25(30)31)16-18-11-12-18)10-5-14-27-26(32)33-17-23-21-8-3-1-6-19(21)20-7-2-4-9-22(20)23/h1-4,6-9,18,23H,5,10-17H2,(H,27,32)(H,30,31). The summed E-state index contributed by atoms with van der Waals surface area (Å²) in [7, 11) is 0. The summed E-state index contributed by atoms with van der Waals surface area (Å²) >= 11 is 0. The van der Waals surface area contributed by atoms with Crippen LogP contribution in [0, 0.1) is 5.92 Å². The van der Waals surface area contributed by atoms with Gasteiger partial charge in [-0.05, 0) is 47.4 Å². The second-order valence-electron chi connectivity index (χ2n) is 8.78. The largest absolute Gasteiger partial charge is 0.481 e. The van der Waals surface area contributed by atoms with E-state index < -0.39 is 12.1 Å². The molecule has 33 heavy (non-hydrogen) atoms. The Labute approximate surface area is 193 Å². The van der Waals surface area contributed by atoms with Crippen molar-refractivity contribution in [3.05, 3.63) is 59.7 Å². The second kappa shape index (κ2) is 10.5. The highest BCUT2D eigenvalue weighted by molar-refractivity contribution is 5.79. The molecule has 0 spiro atoms. The smallest absolute Gasteiger partial charge is 0.407 e. The molecule has 7 nitrogen and oxygen atoms in total. The van der Waals surface area contributed by atoms with Crippen LogP contribution >= 0.6 is 0 Å². The average Bonchev–Trinajstić information content (AvgIpc) is 3.58. The molecule has 0 radical (unpaired) electrons. The number of carboxylic acids is 1. The molecule has 2 aliphatic carbocycles. The maximum atomic E-state index is 12.5. The minimum atomic E-state index is -0.902. The molecule has 0 bridgehead atoms. The van der Waals surface area contributed by atoms with Crippen molar-refractivity contribution in [2.24, 2.45) is 5.92 Å². The van der Waals surface area contributed by atoms with Gasteiger partial charge in [-0.25, -0.2) is 4.79 Å². The highest BCUT2D eigenvalue weighted by Gasteiger charge is 2.29. The molecule has 174 valence electrons. The Bertz CT molecular complexity index is 972. The lowest BCUT2D eigenvalue weighted by Gasteiger charge is -2.22. The zero-order chi connectivity index (χ0) is 23.2. The average molecular weight is 451 g/mol. The molecule has 0 saturated heterocycles. The Balaban J connectivity index is 1.21. The first-order chi connectivity index (χ1) is 16.0. The van der Waals surface area contributed by atoms with Crippen LogP contribution in [0.15, 0.2) is 48.5 Å². The van der Waals surface area contributed by atoms with Gasteiger partial charge in [0.2, 0.25) is 5.91 Å². The van der Waals surface area contributed by atoms with Gasteiger partial charge in [-0.2, -0.15) is 0 Å². The molecule has 0 aliphatic heterocycles. The molecule has 2 N–H and O–H groups in total. The number of hydrogen-bond donors (Lipinski definition) is 2. The number of carbonyl (C=O) groups excluding carboxylic acids is 2. The van der Waals surface area contributed by atoms with Crippen molar-refractivity contribution < 1.29 is 24.2 Å². The maximum absolute atomic E-state index is 12.5.